The molecule has 0 aliphatic carbocycles. The normalized spacial score (nSPS) is 10.8. The lowest BCUT2D eigenvalue weighted by atomic mass is 10.1. The summed E-state index contributed by atoms with van der Waals surface area (Å²) in [6.07, 6.45) is 3.27. The van der Waals surface area contributed by atoms with Crippen molar-refractivity contribution in [1.29, 1.82) is 5.26 Å². The quantitative estimate of drug-likeness (QED) is 0.296. The lowest BCUT2D eigenvalue weighted by Crippen LogP contribution is -2.13. The van der Waals surface area contributed by atoms with E-state index in [-0.39, 0.29) is 16.4 Å². The zero-order chi connectivity index (χ0) is 14.4. The number of rotatable bonds is 2. The summed E-state index contributed by atoms with van der Waals surface area (Å²) < 4.78 is 30.8. The van der Waals surface area contributed by atoms with Gasteiger partial charge in [0, 0.05) is 6.07 Å². The number of hydrogen-bond donors (Lipinski definition) is 1. The van der Waals surface area contributed by atoms with Crippen molar-refractivity contribution in [3.05, 3.63) is 29.3 Å². The van der Waals surface area contributed by atoms with Crippen LogP contribution in [-0.4, -0.2) is 24.5 Å². The van der Waals surface area contributed by atoms with Gasteiger partial charge in [-0.1, -0.05) is 11.8 Å². The minimum atomic E-state index is -1.18. The van der Waals surface area contributed by atoms with E-state index in [0.29, 0.717) is 6.07 Å². The van der Waals surface area contributed by atoms with E-state index in [0.717, 1.165) is 24.9 Å². The van der Waals surface area contributed by atoms with E-state index in [1.807, 2.05) is 0 Å². The molecule has 0 aliphatic rings. The summed E-state index contributed by atoms with van der Waals surface area (Å²) in [4.78, 5) is 15.3. The first kappa shape index (κ1) is 14.9. The Bertz CT molecular complexity index is 570. The number of thioether (sulfide) groups is 1. The summed E-state index contributed by atoms with van der Waals surface area (Å²) in [5, 5.41) is 10.9. The number of ether oxygens (including phenoxy) is 1. The fourth-order valence-corrected chi connectivity index (χ4v) is 1.52. The minimum Gasteiger partial charge on any atom is -0.465 e. The highest BCUT2D eigenvalue weighted by molar-refractivity contribution is 8.13. The molecular formula is C11H9F2N3O2S. The number of nitrogens with one attached hydrogen (secondary N) is 1. The van der Waals surface area contributed by atoms with Gasteiger partial charge in [0.15, 0.2) is 23.0 Å². The van der Waals surface area contributed by atoms with Crippen LogP contribution in [0, 0.1) is 23.1 Å². The Morgan fingerprint density at radius 3 is 2.63 bits per heavy atom. The molecule has 0 heterocycles. The average molecular weight is 285 g/mol. The molecule has 0 aliphatic heterocycles. The van der Waals surface area contributed by atoms with Gasteiger partial charge in [0.05, 0.1) is 18.4 Å². The van der Waals surface area contributed by atoms with Crippen molar-refractivity contribution in [2.75, 3.05) is 13.4 Å². The van der Waals surface area contributed by atoms with E-state index in [1.165, 1.54) is 0 Å². The van der Waals surface area contributed by atoms with Crippen molar-refractivity contribution >= 4 is 28.6 Å². The van der Waals surface area contributed by atoms with E-state index in [4.69, 9.17) is 5.26 Å². The summed E-state index contributed by atoms with van der Waals surface area (Å²) in [6.45, 7) is 0. The molecule has 1 aromatic rings. The molecular weight excluding hydrogens is 276 g/mol. The molecule has 1 N–H and O–H groups in total. The molecule has 100 valence electrons. The van der Waals surface area contributed by atoms with E-state index >= 15 is 0 Å². The third kappa shape index (κ3) is 3.66. The van der Waals surface area contributed by atoms with Gasteiger partial charge >= 0.3 is 5.97 Å². The number of esters is 1. The second kappa shape index (κ2) is 6.70. The van der Waals surface area contributed by atoms with Crippen molar-refractivity contribution in [1.82, 2.24) is 5.32 Å². The third-order valence-corrected chi connectivity index (χ3v) is 2.60. The summed E-state index contributed by atoms with van der Waals surface area (Å²) in [5.74, 6) is -3.18. The maximum atomic E-state index is 13.2. The minimum absolute atomic E-state index is 0.127. The molecule has 0 saturated heterocycles. The lowest BCUT2D eigenvalue weighted by Gasteiger charge is -2.06. The van der Waals surface area contributed by atoms with Gasteiger partial charge in [-0.25, -0.2) is 18.6 Å². The molecule has 0 atom stereocenters. The van der Waals surface area contributed by atoms with Crippen LogP contribution >= 0.6 is 11.8 Å². The number of carbonyl (C=O) groups is 1. The van der Waals surface area contributed by atoms with Gasteiger partial charge in [-0.05, 0) is 12.3 Å². The van der Waals surface area contributed by atoms with Crippen LogP contribution in [-0.2, 0) is 4.74 Å². The van der Waals surface area contributed by atoms with E-state index in [2.05, 4.69) is 15.0 Å². The molecule has 0 amide bonds. The van der Waals surface area contributed by atoms with E-state index in [9.17, 15) is 13.6 Å². The highest BCUT2D eigenvalue weighted by Gasteiger charge is 2.17. The van der Waals surface area contributed by atoms with Gasteiger partial charge in [0.25, 0.3) is 0 Å². The van der Waals surface area contributed by atoms with Crippen molar-refractivity contribution in [2.24, 2.45) is 4.99 Å². The molecule has 0 fully saturated rings. The van der Waals surface area contributed by atoms with Crippen molar-refractivity contribution < 1.29 is 18.3 Å². The summed E-state index contributed by atoms with van der Waals surface area (Å²) in [7, 11) is 1.11. The summed E-state index contributed by atoms with van der Waals surface area (Å²) in [5.41, 5.74) is -0.356. The molecule has 19 heavy (non-hydrogen) atoms. The van der Waals surface area contributed by atoms with E-state index < -0.39 is 17.6 Å². The SMILES string of the molecule is COC(=O)c1cc(F)c(F)cc1N=C(NC#N)SC. The Morgan fingerprint density at radius 2 is 2.11 bits per heavy atom. The molecule has 0 unspecified atom stereocenters. The average Bonchev–Trinajstić information content (AvgIpc) is 2.41. The molecule has 5 nitrogen and oxygen atoms in total. The number of amidine groups is 1. The highest BCUT2D eigenvalue weighted by atomic mass is 32.2. The predicted molar refractivity (Wildman–Crippen MR) is 67.1 cm³/mol. The van der Waals surface area contributed by atoms with Gasteiger partial charge in [-0.3, -0.25) is 5.32 Å². The number of nitrogens with zero attached hydrogens (tertiary/aromatic N) is 2. The molecule has 0 spiro atoms. The molecule has 8 heteroatoms. The molecule has 0 bridgehead atoms. The number of halogens is 2. The van der Waals surface area contributed by atoms with Crippen LogP contribution in [0.1, 0.15) is 10.4 Å². The zero-order valence-electron chi connectivity index (χ0n) is 10.0. The highest BCUT2D eigenvalue weighted by Crippen LogP contribution is 2.24. The van der Waals surface area contributed by atoms with Gasteiger partial charge in [0.1, 0.15) is 0 Å². The van der Waals surface area contributed by atoms with Crippen LogP contribution in [0.25, 0.3) is 0 Å². The number of benzene rings is 1. The molecule has 0 radical (unpaired) electrons. The van der Waals surface area contributed by atoms with Crippen LogP contribution in [0.5, 0.6) is 0 Å². The van der Waals surface area contributed by atoms with Gasteiger partial charge in [0.2, 0.25) is 0 Å². The fourth-order valence-electron chi connectivity index (χ4n) is 1.18. The third-order valence-electron chi connectivity index (χ3n) is 2.02. The lowest BCUT2D eigenvalue weighted by molar-refractivity contribution is 0.0601. The Hall–Kier alpha value is -2.14. The van der Waals surface area contributed by atoms with Crippen LogP contribution in [0.4, 0.5) is 14.5 Å². The second-order valence-electron chi connectivity index (χ2n) is 3.13. The van der Waals surface area contributed by atoms with Crippen molar-refractivity contribution in [3.8, 4) is 6.19 Å². The van der Waals surface area contributed by atoms with Crippen LogP contribution in [0.2, 0.25) is 0 Å². The summed E-state index contributed by atoms with van der Waals surface area (Å²) >= 11 is 1.08. The number of methoxy groups -OCH3 is 1. The monoisotopic (exact) mass is 285 g/mol. The largest absolute Gasteiger partial charge is 0.465 e. The number of hydrogen-bond acceptors (Lipinski definition) is 5. The van der Waals surface area contributed by atoms with Crippen molar-refractivity contribution in [3.63, 3.8) is 0 Å². The molecule has 0 aromatic heterocycles. The topological polar surface area (TPSA) is 74.5 Å². The van der Waals surface area contributed by atoms with Crippen molar-refractivity contribution in [2.45, 2.75) is 0 Å². The van der Waals surface area contributed by atoms with Gasteiger partial charge in [-0.15, -0.1) is 0 Å². The Kier molecular flexibility index (Phi) is 5.26. The standard InChI is InChI=1S/C11H9F2N3O2S/c1-18-10(17)6-3-7(12)8(13)4-9(6)16-11(19-2)15-5-14/h3-4H,1-2H3,(H,15,16). The van der Waals surface area contributed by atoms with Crippen LogP contribution in [0.3, 0.4) is 0 Å². The smallest absolute Gasteiger partial charge is 0.340 e. The Morgan fingerprint density at radius 1 is 1.47 bits per heavy atom. The van der Waals surface area contributed by atoms with Gasteiger partial charge < -0.3 is 4.74 Å². The van der Waals surface area contributed by atoms with Crippen LogP contribution < -0.4 is 5.32 Å². The predicted octanol–water partition coefficient (Wildman–Crippen LogP) is 2.17. The maximum Gasteiger partial charge on any atom is 0.340 e. The molecule has 0 saturated carbocycles. The summed E-state index contributed by atoms with van der Waals surface area (Å²) in [6, 6.07) is 1.46. The number of carbonyl (C=O) groups excluding carboxylic acids is 1. The fraction of sp³-hybridized carbons (Fsp3) is 0.182. The Balaban J connectivity index is 3.36. The Labute approximate surface area is 112 Å². The number of nitriles is 1. The first-order valence-corrected chi connectivity index (χ1v) is 6.11. The van der Waals surface area contributed by atoms with Gasteiger partial charge in [-0.2, -0.15) is 5.26 Å². The van der Waals surface area contributed by atoms with Crippen LogP contribution in [0.15, 0.2) is 17.1 Å². The zero-order valence-corrected chi connectivity index (χ0v) is 10.8. The first-order valence-electron chi connectivity index (χ1n) is 4.88. The van der Waals surface area contributed by atoms with E-state index in [1.54, 1.807) is 12.4 Å². The maximum absolute atomic E-state index is 13.2. The molecule has 1 rings (SSSR count). The first-order chi connectivity index (χ1) is 9.03. The number of aliphatic imine (C=N–C) groups is 1. The second-order valence-corrected chi connectivity index (χ2v) is 3.93. The molecule has 1 aromatic carbocycles.